The van der Waals surface area contributed by atoms with Crippen molar-refractivity contribution in [1.29, 1.82) is 0 Å². The predicted octanol–water partition coefficient (Wildman–Crippen LogP) is 1.02. The van der Waals surface area contributed by atoms with E-state index in [1.807, 2.05) is 18.7 Å². The Morgan fingerprint density at radius 2 is 2.31 bits per heavy atom. The second-order valence-electron chi connectivity index (χ2n) is 4.16. The van der Waals surface area contributed by atoms with Gasteiger partial charge < -0.3 is 10.0 Å². The molecule has 0 spiro atoms. The molecule has 76 valence electrons. The maximum absolute atomic E-state index is 11.6. The molecule has 13 heavy (non-hydrogen) atoms. The summed E-state index contributed by atoms with van der Waals surface area (Å²) in [5.74, 6) is 0.610. The quantitative estimate of drug-likeness (QED) is 0.713. The lowest BCUT2D eigenvalue weighted by Crippen LogP contribution is -2.38. The minimum atomic E-state index is 0.0891. The first-order valence-electron chi connectivity index (χ1n) is 5.05. The minimum Gasteiger partial charge on any atom is -0.394 e. The topological polar surface area (TPSA) is 40.5 Å². The van der Waals surface area contributed by atoms with Crippen LogP contribution in [0.2, 0.25) is 0 Å². The van der Waals surface area contributed by atoms with Crippen LogP contribution < -0.4 is 0 Å². The lowest BCUT2D eigenvalue weighted by Gasteiger charge is -2.23. The highest BCUT2D eigenvalue weighted by Gasteiger charge is 2.27. The highest BCUT2D eigenvalue weighted by molar-refractivity contribution is 5.77. The third-order valence-corrected chi connectivity index (χ3v) is 2.49. The largest absolute Gasteiger partial charge is 0.394 e. The fraction of sp³-hybridized carbons (Fsp3) is 0.900. The third-order valence-electron chi connectivity index (χ3n) is 2.49. The van der Waals surface area contributed by atoms with Gasteiger partial charge in [-0.1, -0.05) is 13.8 Å². The van der Waals surface area contributed by atoms with Crippen molar-refractivity contribution in [3.05, 3.63) is 0 Å². The Hall–Kier alpha value is -0.570. The van der Waals surface area contributed by atoms with E-state index in [4.69, 9.17) is 5.11 Å². The van der Waals surface area contributed by atoms with Gasteiger partial charge in [0.1, 0.15) is 0 Å². The van der Waals surface area contributed by atoms with Crippen LogP contribution in [0.5, 0.6) is 0 Å². The second-order valence-corrected chi connectivity index (χ2v) is 4.16. The molecular weight excluding hydrogens is 166 g/mol. The van der Waals surface area contributed by atoms with Crippen LogP contribution in [0.15, 0.2) is 0 Å². The standard InChI is InChI=1S/C10H19NO2/c1-8(2)6-10(13)11-5-3-4-9(11)7-12/h8-9,12H,3-7H2,1-2H3. The van der Waals surface area contributed by atoms with Gasteiger partial charge in [0, 0.05) is 13.0 Å². The Morgan fingerprint density at radius 3 is 2.85 bits per heavy atom. The average molecular weight is 185 g/mol. The molecule has 1 rings (SSSR count). The van der Waals surface area contributed by atoms with Crippen LogP contribution in [0.25, 0.3) is 0 Å². The number of hydrogen-bond donors (Lipinski definition) is 1. The zero-order valence-corrected chi connectivity index (χ0v) is 8.49. The normalized spacial score (nSPS) is 22.8. The van der Waals surface area contributed by atoms with E-state index in [0.29, 0.717) is 12.3 Å². The van der Waals surface area contributed by atoms with Crippen LogP contribution in [0.1, 0.15) is 33.1 Å². The number of aliphatic hydroxyl groups excluding tert-OH is 1. The minimum absolute atomic E-state index is 0.0891. The van der Waals surface area contributed by atoms with E-state index in [1.54, 1.807) is 0 Å². The van der Waals surface area contributed by atoms with Crippen LogP contribution in [0.4, 0.5) is 0 Å². The molecule has 1 atom stereocenters. The summed E-state index contributed by atoms with van der Waals surface area (Å²) < 4.78 is 0. The molecule has 0 saturated carbocycles. The summed E-state index contributed by atoms with van der Waals surface area (Å²) in [7, 11) is 0. The molecule has 1 aliphatic rings. The van der Waals surface area contributed by atoms with E-state index in [9.17, 15) is 4.79 Å². The molecule has 1 heterocycles. The van der Waals surface area contributed by atoms with Crippen molar-refractivity contribution in [3.63, 3.8) is 0 Å². The summed E-state index contributed by atoms with van der Waals surface area (Å²) in [6.07, 6.45) is 2.60. The Kier molecular flexibility index (Phi) is 3.72. The Labute approximate surface area is 79.7 Å². The molecule has 1 fully saturated rings. The predicted molar refractivity (Wildman–Crippen MR) is 51.3 cm³/mol. The summed E-state index contributed by atoms with van der Waals surface area (Å²) >= 11 is 0. The van der Waals surface area contributed by atoms with Gasteiger partial charge in [0.05, 0.1) is 12.6 Å². The molecule has 0 radical (unpaired) electrons. The van der Waals surface area contributed by atoms with Crippen LogP contribution >= 0.6 is 0 Å². The molecule has 0 bridgehead atoms. The van der Waals surface area contributed by atoms with Crippen LogP contribution in [0.3, 0.4) is 0 Å². The van der Waals surface area contributed by atoms with Gasteiger partial charge in [-0.15, -0.1) is 0 Å². The second kappa shape index (κ2) is 4.61. The van der Waals surface area contributed by atoms with E-state index in [1.165, 1.54) is 0 Å². The molecule has 0 aromatic rings. The van der Waals surface area contributed by atoms with Crippen molar-refractivity contribution in [1.82, 2.24) is 4.90 Å². The molecule has 1 aliphatic heterocycles. The number of carbonyl (C=O) groups is 1. The van der Waals surface area contributed by atoms with Crippen LogP contribution in [-0.4, -0.2) is 35.1 Å². The first-order valence-corrected chi connectivity index (χ1v) is 5.05. The molecule has 1 N–H and O–H groups in total. The number of aliphatic hydroxyl groups is 1. The Bertz CT molecular complexity index is 180. The summed E-state index contributed by atoms with van der Waals surface area (Å²) in [5, 5.41) is 9.03. The van der Waals surface area contributed by atoms with Gasteiger partial charge in [0.15, 0.2) is 0 Å². The third kappa shape index (κ3) is 2.69. The van der Waals surface area contributed by atoms with Crippen molar-refractivity contribution in [2.24, 2.45) is 5.92 Å². The number of nitrogens with zero attached hydrogens (tertiary/aromatic N) is 1. The first-order chi connectivity index (χ1) is 6.15. The van der Waals surface area contributed by atoms with E-state index >= 15 is 0 Å². The molecular formula is C10H19NO2. The monoisotopic (exact) mass is 185 g/mol. The molecule has 0 aromatic heterocycles. The van der Waals surface area contributed by atoms with Gasteiger partial charge in [-0.05, 0) is 18.8 Å². The molecule has 3 heteroatoms. The summed E-state index contributed by atoms with van der Waals surface area (Å²) in [4.78, 5) is 13.5. The fourth-order valence-electron chi connectivity index (χ4n) is 1.82. The molecule has 1 unspecified atom stereocenters. The van der Waals surface area contributed by atoms with Crippen molar-refractivity contribution in [3.8, 4) is 0 Å². The Morgan fingerprint density at radius 1 is 1.62 bits per heavy atom. The molecule has 1 saturated heterocycles. The van der Waals surface area contributed by atoms with Crippen molar-refractivity contribution >= 4 is 5.91 Å². The van der Waals surface area contributed by atoms with Crippen molar-refractivity contribution < 1.29 is 9.90 Å². The van der Waals surface area contributed by atoms with E-state index in [-0.39, 0.29) is 18.6 Å². The summed E-state index contributed by atoms with van der Waals surface area (Å²) in [6.45, 7) is 5.03. The number of carbonyl (C=O) groups excluding carboxylic acids is 1. The van der Waals surface area contributed by atoms with Crippen LogP contribution in [0, 0.1) is 5.92 Å². The Balaban J connectivity index is 2.45. The molecule has 0 aromatic carbocycles. The van der Waals surface area contributed by atoms with Gasteiger partial charge in [-0.3, -0.25) is 4.79 Å². The molecule has 1 amide bonds. The average Bonchev–Trinajstić information content (AvgIpc) is 2.49. The van der Waals surface area contributed by atoms with E-state index in [0.717, 1.165) is 19.4 Å². The number of rotatable bonds is 3. The van der Waals surface area contributed by atoms with Gasteiger partial charge >= 0.3 is 0 Å². The highest BCUT2D eigenvalue weighted by atomic mass is 16.3. The summed E-state index contributed by atoms with van der Waals surface area (Å²) in [5.41, 5.74) is 0. The van der Waals surface area contributed by atoms with Gasteiger partial charge in [-0.25, -0.2) is 0 Å². The molecule has 0 aliphatic carbocycles. The van der Waals surface area contributed by atoms with Gasteiger partial charge in [0.25, 0.3) is 0 Å². The lowest BCUT2D eigenvalue weighted by atomic mass is 10.1. The number of hydrogen-bond acceptors (Lipinski definition) is 2. The number of amides is 1. The molecule has 3 nitrogen and oxygen atoms in total. The summed E-state index contributed by atoms with van der Waals surface area (Å²) in [6, 6.07) is 0.0891. The zero-order chi connectivity index (χ0) is 9.84. The van der Waals surface area contributed by atoms with E-state index < -0.39 is 0 Å². The first kappa shape index (κ1) is 10.5. The van der Waals surface area contributed by atoms with E-state index in [2.05, 4.69) is 0 Å². The van der Waals surface area contributed by atoms with Crippen LogP contribution in [-0.2, 0) is 4.79 Å². The van der Waals surface area contributed by atoms with Gasteiger partial charge in [-0.2, -0.15) is 0 Å². The lowest BCUT2D eigenvalue weighted by molar-refractivity contribution is -0.133. The zero-order valence-electron chi connectivity index (χ0n) is 8.49. The fourth-order valence-corrected chi connectivity index (χ4v) is 1.82. The van der Waals surface area contributed by atoms with Crippen molar-refractivity contribution in [2.75, 3.05) is 13.2 Å². The smallest absolute Gasteiger partial charge is 0.223 e. The van der Waals surface area contributed by atoms with Gasteiger partial charge in [0.2, 0.25) is 5.91 Å². The maximum atomic E-state index is 11.6. The SMILES string of the molecule is CC(C)CC(=O)N1CCCC1CO. The van der Waals surface area contributed by atoms with Crippen molar-refractivity contribution in [2.45, 2.75) is 39.2 Å². The highest BCUT2D eigenvalue weighted by Crippen LogP contribution is 2.18. The number of likely N-dealkylation sites (tertiary alicyclic amines) is 1. The maximum Gasteiger partial charge on any atom is 0.223 e.